The molecule has 0 saturated carbocycles. The molecule has 0 aliphatic carbocycles. The quantitative estimate of drug-likeness (QED) is 0.483. The van der Waals surface area contributed by atoms with Gasteiger partial charge in [0.05, 0.1) is 30.2 Å². The average molecular weight is 440 g/mol. The molecule has 7 heteroatoms. The van der Waals surface area contributed by atoms with E-state index in [0.29, 0.717) is 11.4 Å². The molecule has 0 unspecified atom stereocenters. The van der Waals surface area contributed by atoms with Crippen LogP contribution in [-0.4, -0.2) is 39.3 Å². The van der Waals surface area contributed by atoms with E-state index < -0.39 is 0 Å². The molecular formula is C26H25N5O2. The van der Waals surface area contributed by atoms with Gasteiger partial charge in [-0.1, -0.05) is 18.2 Å². The summed E-state index contributed by atoms with van der Waals surface area (Å²) in [5, 5.41) is 9.21. The van der Waals surface area contributed by atoms with Gasteiger partial charge in [-0.25, -0.2) is 4.68 Å². The third-order valence-electron chi connectivity index (χ3n) is 6.59. The zero-order valence-corrected chi connectivity index (χ0v) is 18.3. The van der Waals surface area contributed by atoms with Gasteiger partial charge in [-0.15, -0.1) is 0 Å². The van der Waals surface area contributed by atoms with Crippen molar-refractivity contribution in [1.29, 1.82) is 0 Å². The molecule has 4 heterocycles. The second kappa shape index (κ2) is 8.24. The molecule has 2 aromatic heterocycles. The number of hydrogen-bond acceptors (Lipinski definition) is 5. The van der Waals surface area contributed by atoms with Gasteiger partial charge in [0, 0.05) is 37.5 Å². The van der Waals surface area contributed by atoms with Crippen molar-refractivity contribution in [3.05, 3.63) is 88.8 Å². The van der Waals surface area contributed by atoms with E-state index in [1.165, 1.54) is 11.3 Å². The molecule has 2 aromatic carbocycles. The highest BCUT2D eigenvalue weighted by atomic mass is 16.5. The lowest BCUT2D eigenvalue weighted by Crippen LogP contribution is -2.35. The highest BCUT2D eigenvalue weighted by Crippen LogP contribution is 2.32. The van der Waals surface area contributed by atoms with Crippen LogP contribution >= 0.6 is 0 Å². The largest absolute Gasteiger partial charge is 0.493 e. The Morgan fingerprint density at radius 3 is 2.64 bits per heavy atom. The fourth-order valence-electron chi connectivity index (χ4n) is 4.82. The van der Waals surface area contributed by atoms with E-state index in [1.807, 2.05) is 47.3 Å². The number of benzene rings is 2. The molecule has 1 fully saturated rings. The van der Waals surface area contributed by atoms with Gasteiger partial charge >= 0.3 is 0 Å². The second-order valence-corrected chi connectivity index (χ2v) is 8.58. The van der Waals surface area contributed by atoms with Crippen LogP contribution in [0.4, 0.5) is 5.69 Å². The highest BCUT2D eigenvalue weighted by molar-refractivity contribution is 5.57. The van der Waals surface area contributed by atoms with Crippen LogP contribution in [0.2, 0.25) is 0 Å². The van der Waals surface area contributed by atoms with Crippen LogP contribution in [0.1, 0.15) is 24.4 Å². The van der Waals surface area contributed by atoms with Crippen molar-refractivity contribution in [1.82, 2.24) is 19.6 Å². The van der Waals surface area contributed by atoms with Crippen LogP contribution in [0.3, 0.4) is 0 Å². The maximum absolute atomic E-state index is 12.7. The number of piperidine rings is 1. The lowest BCUT2D eigenvalue weighted by atomic mass is 10.0. The summed E-state index contributed by atoms with van der Waals surface area (Å²) in [6, 6.07) is 20.1. The SMILES string of the molecule is O=c1ccn(C2CCN(c3ccc4c(c3)CCO4)CC2)nc1-c1ccnn1-c1ccccc1. The molecule has 7 nitrogen and oxygen atoms in total. The number of fused-ring (bicyclic) bond motifs is 1. The number of para-hydroxylation sites is 1. The summed E-state index contributed by atoms with van der Waals surface area (Å²) in [5.41, 5.74) is 4.51. The summed E-state index contributed by atoms with van der Waals surface area (Å²) in [7, 11) is 0. The molecule has 0 bridgehead atoms. The van der Waals surface area contributed by atoms with Gasteiger partial charge in [-0.3, -0.25) is 9.48 Å². The maximum Gasteiger partial charge on any atom is 0.209 e. The Hall–Kier alpha value is -3.87. The molecule has 4 aromatic rings. The number of hydrogen-bond donors (Lipinski definition) is 0. The standard InChI is InChI=1S/C26H25N5O2/c32-24-11-16-30(28-26(24)23-8-13-27-31(23)21-4-2-1-3-5-21)20-9-14-29(15-10-20)22-6-7-25-19(18-22)12-17-33-25/h1-8,11,13,16,18,20H,9-10,12,14-15,17H2. The fourth-order valence-corrected chi connectivity index (χ4v) is 4.82. The maximum atomic E-state index is 12.7. The van der Waals surface area contributed by atoms with Crippen molar-refractivity contribution in [2.24, 2.45) is 0 Å². The minimum atomic E-state index is -0.0956. The topological polar surface area (TPSA) is 65.2 Å². The summed E-state index contributed by atoms with van der Waals surface area (Å²) >= 11 is 0. The van der Waals surface area contributed by atoms with Crippen molar-refractivity contribution >= 4 is 5.69 Å². The average Bonchev–Trinajstić information content (AvgIpc) is 3.54. The molecule has 6 rings (SSSR count). The molecule has 2 aliphatic rings. The van der Waals surface area contributed by atoms with Crippen molar-refractivity contribution in [2.75, 3.05) is 24.6 Å². The molecule has 33 heavy (non-hydrogen) atoms. The minimum absolute atomic E-state index is 0.0956. The number of rotatable bonds is 4. The molecule has 0 N–H and O–H groups in total. The summed E-state index contributed by atoms with van der Waals surface area (Å²) < 4.78 is 9.38. The van der Waals surface area contributed by atoms with Crippen LogP contribution < -0.4 is 15.1 Å². The third-order valence-corrected chi connectivity index (χ3v) is 6.59. The molecule has 0 amide bonds. The van der Waals surface area contributed by atoms with E-state index in [2.05, 4.69) is 28.2 Å². The molecule has 1 saturated heterocycles. The van der Waals surface area contributed by atoms with Crippen molar-refractivity contribution < 1.29 is 4.74 Å². The van der Waals surface area contributed by atoms with Gasteiger partial charge < -0.3 is 9.64 Å². The number of anilines is 1. The lowest BCUT2D eigenvalue weighted by molar-refractivity contribution is 0.356. The van der Waals surface area contributed by atoms with Gasteiger partial charge in [-0.05, 0) is 54.8 Å². The molecular weight excluding hydrogens is 414 g/mol. The zero-order chi connectivity index (χ0) is 22.2. The smallest absolute Gasteiger partial charge is 0.209 e. The van der Waals surface area contributed by atoms with Gasteiger partial charge in [0.15, 0.2) is 5.69 Å². The van der Waals surface area contributed by atoms with E-state index in [4.69, 9.17) is 9.84 Å². The van der Waals surface area contributed by atoms with Crippen molar-refractivity contribution in [2.45, 2.75) is 25.3 Å². The van der Waals surface area contributed by atoms with Crippen LogP contribution in [0.25, 0.3) is 17.1 Å². The van der Waals surface area contributed by atoms with Gasteiger partial charge in [-0.2, -0.15) is 10.2 Å². The summed E-state index contributed by atoms with van der Waals surface area (Å²) in [4.78, 5) is 15.2. The van der Waals surface area contributed by atoms with Crippen LogP contribution in [0.5, 0.6) is 5.75 Å². The van der Waals surface area contributed by atoms with Crippen LogP contribution in [0, 0.1) is 0 Å². The zero-order valence-electron chi connectivity index (χ0n) is 18.3. The Balaban J connectivity index is 1.23. The fraction of sp³-hybridized carbons (Fsp3) is 0.269. The summed E-state index contributed by atoms with van der Waals surface area (Å²) in [6.45, 7) is 2.69. The van der Waals surface area contributed by atoms with Gasteiger partial charge in [0.1, 0.15) is 5.75 Å². The van der Waals surface area contributed by atoms with E-state index >= 15 is 0 Å². The monoisotopic (exact) mass is 439 g/mol. The van der Waals surface area contributed by atoms with E-state index in [0.717, 1.165) is 50.4 Å². The first-order valence-corrected chi connectivity index (χ1v) is 11.5. The second-order valence-electron chi connectivity index (χ2n) is 8.58. The van der Waals surface area contributed by atoms with Crippen molar-refractivity contribution in [3.63, 3.8) is 0 Å². The van der Waals surface area contributed by atoms with Crippen molar-refractivity contribution in [3.8, 4) is 22.8 Å². The molecule has 2 aliphatic heterocycles. The van der Waals surface area contributed by atoms with E-state index in [1.54, 1.807) is 16.9 Å². The van der Waals surface area contributed by atoms with E-state index in [9.17, 15) is 4.79 Å². The Labute approximate surface area is 191 Å². The first kappa shape index (κ1) is 19.8. The third kappa shape index (κ3) is 3.69. The normalized spacial score (nSPS) is 15.9. The number of aromatic nitrogens is 4. The summed E-state index contributed by atoms with van der Waals surface area (Å²) in [6.07, 6.45) is 6.47. The Bertz CT molecular complexity index is 1340. The first-order chi connectivity index (χ1) is 16.3. The van der Waals surface area contributed by atoms with Gasteiger partial charge in [0.2, 0.25) is 5.43 Å². The highest BCUT2D eigenvalue weighted by Gasteiger charge is 2.23. The van der Waals surface area contributed by atoms with E-state index in [-0.39, 0.29) is 11.5 Å². The van der Waals surface area contributed by atoms with Crippen LogP contribution in [-0.2, 0) is 6.42 Å². The predicted octanol–water partition coefficient (Wildman–Crippen LogP) is 3.87. The van der Waals surface area contributed by atoms with Crippen LogP contribution in [0.15, 0.2) is 77.9 Å². The van der Waals surface area contributed by atoms with Gasteiger partial charge in [0.25, 0.3) is 0 Å². The summed E-state index contributed by atoms with van der Waals surface area (Å²) in [5.74, 6) is 1.02. The lowest BCUT2D eigenvalue weighted by Gasteiger charge is -2.34. The molecule has 0 atom stereocenters. The Morgan fingerprint density at radius 1 is 0.939 bits per heavy atom. The first-order valence-electron chi connectivity index (χ1n) is 11.5. The molecule has 0 radical (unpaired) electrons. The molecule has 0 spiro atoms. The number of nitrogens with zero attached hydrogens (tertiary/aromatic N) is 5. The Morgan fingerprint density at radius 2 is 1.79 bits per heavy atom. The minimum Gasteiger partial charge on any atom is -0.493 e. The molecule has 166 valence electrons. The number of ether oxygens (including phenoxy) is 1. The Kier molecular flexibility index (Phi) is 4.94. The predicted molar refractivity (Wildman–Crippen MR) is 127 cm³/mol.